The van der Waals surface area contributed by atoms with Crippen LogP contribution < -0.4 is 10.2 Å². The maximum absolute atomic E-state index is 13.6. The van der Waals surface area contributed by atoms with Crippen LogP contribution in [0.25, 0.3) is 5.57 Å². The molecule has 0 fully saturated rings. The summed E-state index contributed by atoms with van der Waals surface area (Å²) < 4.78 is 18.5. The molecule has 0 aromatic heterocycles. The summed E-state index contributed by atoms with van der Waals surface area (Å²) in [6.07, 6.45) is 0. The van der Waals surface area contributed by atoms with Crippen molar-refractivity contribution in [3.05, 3.63) is 66.0 Å². The van der Waals surface area contributed by atoms with Crippen LogP contribution >= 0.6 is 0 Å². The Balaban J connectivity index is 2.37. The quantitative estimate of drug-likeness (QED) is 0.747. The standard InChI is InChI=1S/C15H14BFO/c1-10(11-4-3-5-13(16)8-11)12-6-7-15(18-2)14(17)9-12/h3-9H,1,16H2,2H3. The summed E-state index contributed by atoms with van der Waals surface area (Å²) in [7, 11) is 3.47. The van der Waals surface area contributed by atoms with Crippen LogP contribution in [0, 0.1) is 5.82 Å². The van der Waals surface area contributed by atoms with Crippen LogP contribution in [0.15, 0.2) is 49.0 Å². The third kappa shape index (κ3) is 2.45. The molecule has 2 aromatic rings. The van der Waals surface area contributed by atoms with Crippen molar-refractivity contribution in [1.82, 2.24) is 0 Å². The number of ether oxygens (including phenoxy) is 1. The first-order valence-corrected chi connectivity index (χ1v) is 5.71. The third-order valence-electron chi connectivity index (χ3n) is 2.87. The van der Waals surface area contributed by atoms with E-state index in [1.54, 1.807) is 6.07 Å². The molecule has 0 atom stereocenters. The van der Waals surface area contributed by atoms with Gasteiger partial charge in [-0.1, -0.05) is 42.4 Å². The predicted molar refractivity (Wildman–Crippen MR) is 75.7 cm³/mol. The first-order chi connectivity index (χ1) is 8.61. The molecule has 3 heteroatoms. The van der Waals surface area contributed by atoms with Crippen LogP contribution in [0.2, 0.25) is 0 Å². The summed E-state index contributed by atoms with van der Waals surface area (Å²) >= 11 is 0. The van der Waals surface area contributed by atoms with E-state index in [-0.39, 0.29) is 11.6 Å². The summed E-state index contributed by atoms with van der Waals surface area (Å²) in [4.78, 5) is 0. The van der Waals surface area contributed by atoms with Crippen LogP contribution in [0.3, 0.4) is 0 Å². The summed E-state index contributed by atoms with van der Waals surface area (Å²) in [5, 5.41) is 0. The van der Waals surface area contributed by atoms with E-state index in [1.165, 1.54) is 13.2 Å². The Bertz CT molecular complexity index is 593. The molecule has 0 radical (unpaired) electrons. The van der Waals surface area contributed by atoms with Gasteiger partial charge in [0.05, 0.1) is 7.11 Å². The second-order valence-electron chi connectivity index (χ2n) is 4.20. The Labute approximate surface area is 107 Å². The molecule has 0 saturated carbocycles. The van der Waals surface area contributed by atoms with Crippen molar-refractivity contribution in [3.63, 3.8) is 0 Å². The van der Waals surface area contributed by atoms with Crippen molar-refractivity contribution in [2.24, 2.45) is 0 Å². The molecule has 0 spiro atoms. The van der Waals surface area contributed by atoms with Crippen molar-refractivity contribution >= 4 is 18.9 Å². The number of benzene rings is 2. The van der Waals surface area contributed by atoms with Gasteiger partial charge in [0.25, 0.3) is 0 Å². The molecule has 0 saturated heterocycles. The summed E-state index contributed by atoms with van der Waals surface area (Å²) in [6, 6.07) is 12.9. The first-order valence-electron chi connectivity index (χ1n) is 5.71. The fraction of sp³-hybridized carbons (Fsp3) is 0.0667. The second-order valence-corrected chi connectivity index (χ2v) is 4.20. The van der Waals surface area contributed by atoms with Gasteiger partial charge in [0.15, 0.2) is 11.6 Å². The largest absolute Gasteiger partial charge is 0.494 e. The summed E-state index contributed by atoms with van der Waals surface area (Å²) in [6.45, 7) is 4.03. The van der Waals surface area contributed by atoms with Crippen LogP contribution in [0.4, 0.5) is 4.39 Å². The van der Waals surface area contributed by atoms with Gasteiger partial charge in [0, 0.05) is 0 Å². The average Bonchev–Trinajstić information content (AvgIpc) is 2.37. The lowest BCUT2D eigenvalue weighted by atomic mass is 9.91. The number of hydrogen-bond donors (Lipinski definition) is 0. The molecule has 0 amide bonds. The fourth-order valence-electron chi connectivity index (χ4n) is 1.85. The lowest BCUT2D eigenvalue weighted by Gasteiger charge is -2.09. The number of halogens is 1. The minimum atomic E-state index is -0.371. The summed E-state index contributed by atoms with van der Waals surface area (Å²) in [5.41, 5.74) is 3.72. The normalized spacial score (nSPS) is 10.1. The molecule has 0 heterocycles. The molecular formula is C15H14BFO. The SMILES string of the molecule is Bc1cccc(C(=C)c2ccc(OC)c(F)c2)c1. The average molecular weight is 240 g/mol. The first kappa shape index (κ1) is 12.4. The van der Waals surface area contributed by atoms with Crippen molar-refractivity contribution < 1.29 is 9.13 Å². The van der Waals surface area contributed by atoms with E-state index in [4.69, 9.17) is 4.74 Å². The van der Waals surface area contributed by atoms with Gasteiger partial charge >= 0.3 is 0 Å². The van der Waals surface area contributed by atoms with Crippen molar-refractivity contribution in [1.29, 1.82) is 0 Å². The molecular weight excluding hydrogens is 226 g/mol. The maximum atomic E-state index is 13.6. The van der Waals surface area contributed by atoms with E-state index < -0.39 is 0 Å². The highest BCUT2D eigenvalue weighted by Crippen LogP contribution is 2.25. The van der Waals surface area contributed by atoms with Gasteiger partial charge in [-0.2, -0.15) is 0 Å². The highest BCUT2D eigenvalue weighted by molar-refractivity contribution is 6.32. The number of hydrogen-bond acceptors (Lipinski definition) is 1. The Hall–Kier alpha value is -2.03. The second kappa shape index (κ2) is 5.09. The van der Waals surface area contributed by atoms with Crippen LogP contribution in [0.1, 0.15) is 11.1 Å². The molecule has 18 heavy (non-hydrogen) atoms. The highest BCUT2D eigenvalue weighted by atomic mass is 19.1. The van der Waals surface area contributed by atoms with Gasteiger partial charge in [-0.15, -0.1) is 0 Å². The van der Waals surface area contributed by atoms with E-state index in [2.05, 4.69) is 6.58 Å². The van der Waals surface area contributed by atoms with Gasteiger partial charge in [0.1, 0.15) is 7.85 Å². The fourth-order valence-corrected chi connectivity index (χ4v) is 1.85. The Morgan fingerprint density at radius 1 is 1.17 bits per heavy atom. The molecule has 0 bridgehead atoms. The smallest absolute Gasteiger partial charge is 0.165 e. The zero-order chi connectivity index (χ0) is 13.1. The molecule has 0 unspecified atom stereocenters. The monoisotopic (exact) mass is 240 g/mol. The van der Waals surface area contributed by atoms with E-state index in [1.807, 2.05) is 38.2 Å². The Morgan fingerprint density at radius 2 is 1.89 bits per heavy atom. The Morgan fingerprint density at radius 3 is 2.50 bits per heavy atom. The third-order valence-corrected chi connectivity index (χ3v) is 2.87. The van der Waals surface area contributed by atoms with Crippen molar-refractivity contribution in [3.8, 4) is 5.75 Å². The van der Waals surface area contributed by atoms with Crippen molar-refractivity contribution in [2.75, 3.05) is 7.11 Å². The van der Waals surface area contributed by atoms with Gasteiger partial charge in [-0.25, -0.2) is 4.39 Å². The molecule has 0 aliphatic heterocycles. The van der Waals surface area contributed by atoms with E-state index >= 15 is 0 Å². The van der Waals surface area contributed by atoms with Gasteiger partial charge < -0.3 is 4.74 Å². The van der Waals surface area contributed by atoms with Crippen LogP contribution in [-0.2, 0) is 0 Å². The van der Waals surface area contributed by atoms with E-state index in [9.17, 15) is 4.39 Å². The topological polar surface area (TPSA) is 9.23 Å². The minimum absolute atomic E-state index is 0.246. The zero-order valence-electron chi connectivity index (χ0n) is 10.5. The number of methoxy groups -OCH3 is 1. The summed E-state index contributed by atoms with van der Waals surface area (Å²) in [5.74, 6) is -0.125. The molecule has 0 aliphatic rings. The van der Waals surface area contributed by atoms with E-state index in [0.717, 1.165) is 22.2 Å². The predicted octanol–water partition coefficient (Wildman–Crippen LogP) is 2.15. The molecule has 2 aromatic carbocycles. The van der Waals surface area contributed by atoms with Gasteiger partial charge in [-0.3, -0.25) is 0 Å². The molecule has 0 aliphatic carbocycles. The van der Waals surface area contributed by atoms with E-state index in [0.29, 0.717) is 0 Å². The van der Waals surface area contributed by atoms with Crippen LogP contribution in [0.5, 0.6) is 5.75 Å². The lowest BCUT2D eigenvalue weighted by molar-refractivity contribution is 0.386. The van der Waals surface area contributed by atoms with Crippen molar-refractivity contribution in [2.45, 2.75) is 0 Å². The molecule has 2 rings (SSSR count). The lowest BCUT2D eigenvalue weighted by Crippen LogP contribution is -2.02. The number of rotatable bonds is 3. The van der Waals surface area contributed by atoms with Gasteiger partial charge in [-0.05, 0) is 28.8 Å². The maximum Gasteiger partial charge on any atom is 0.165 e. The molecule has 1 nitrogen and oxygen atoms in total. The highest BCUT2D eigenvalue weighted by Gasteiger charge is 2.07. The molecule has 90 valence electrons. The molecule has 0 N–H and O–H groups in total. The van der Waals surface area contributed by atoms with Crippen LogP contribution in [-0.4, -0.2) is 15.0 Å². The Kier molecular flexibility index (Phi) is 3.51. The zero-order valence-corrected chi connectivity index (χ0v) is 10.5. The minimum Gasteiger partial charge on any atom is -0.494 e. The van der Waals surface area contributed by atoms with Gasteiger partial charge in [0.2, 0.25) is 0 Å².